The van der Waals surface area contributed by atoms with E-state index in [0.717, 1.165) is 10.8 Å². The SMILES string of the molecule is CN(Cc1ccco1)C(=O)COC(=O)c1ccc2ccccc2c1. The van der Waals surface area contributed by atoms with Gasteiger partial charge < -0.3 is 14.1 Å². The summed E-state index contributed by atoms with van der Waals surface area (Å²) in [7, 11) is 1.63. The Labute approximate surface area is 139 Å². The van der Waals surface area contributed by atoms with Crippen molar-refractivity contribution in [2.24, 2.45) is 0 Å². The topological polar surface area (TPSA) is 59.8 Å². The summed E-state index contributed by atoms with van der Waals surface area (Å²) in [5, 5.41) is 2.00. The highest BCUT2D eigenvalue weighted by Crippen LogP contribution is 2.16. The van der Waals surface area contributed by atoms with Crippen molar-refractivity contribution in [3.05, 3.63) is 72.2 Å². The highest BCUT2D eigenvalue weighted by atomic mass is 16.5. The molecule has 0 aliphatic carbocycles. The number of hydrogen-bond donors (Lipinski definition) is 0. The molecule has 122 valence electrons. The Bertz CT molecular complexity index is 855. The van der Waals surface area contributed by atoms with Crippen LogP contribution in [0.1, 0.15) is 16.1 Å². The lowest BCUT2D eigenvalue weighted by molar-refractivity contribution is -0.133. The number of amides is 1. The fourth-order valence-electron chi connectivity index (χ4n) is 2.36. The van der Waals surface area contributed by atoms with Crippen LogP contribution in [0.5, 0.6) is 0 Å². The maximum absolute atomic E-state index is 12.1. The molecule has 3 rings (SSSR count). The minimum atomic E-state index is -0.513. The second-order valence-electron chi connectivity index (χ2n) is 5.47. The first-order chi connectivity index (χ1) is 11.6. The first-order valence-corrected chi connectivity index (χ1v) is 7.56. The molecule has 0 N–H and O–H groups in total. The van der Waals surface area contributed by atoms with Gasteiger partial charge in [0.05, 0.1) is 18.4 Å². The third kappa shape index (κ3) is 3.63. The number of hydrogen-bond acceptors (Lipinski definition) is 4. The lowest BCUT2D eigenvalue weighted by Gasteiger charge is -2.15. The summed E-state index contributed by atoms with van der Waals surface area (Å²) in [4.78, 5) is 25.6. The Morgan fingerprint density at radius 3 is 2.58 bits per heavy atom. The predicted octanol–water partition coefficient (Wildman–Crippen LogP) is 3.25. The molecule has 0 atom stereocenters. The molecule has 0 aliphatic heterocycles. The van der Waals surface area contributed by atoms with Crippen molar-refractivity contribution < 1.29 is 18.7 Å². The van der Waals surface area contributed by atoms with Crippen LogP contribution >= 0.6 is 0 Å². The zero-order valence-corrected chi connectivity index (χ0v) is 13.3. The molecule has 0 fully saturated rings. The lowest BCUT2D eigenvalue weighted by Crippen LogP contribution is -2.30. The maximum atomic E-state index is 12.1. The number of benzene rings is 2. The van der Waals surface area contributed by atoms with Crippen LogP contribution in [-0.2, 0) is 16.1 Å². The first-order valence-electron chi connectivity index (χ1n) is 7.56. The van der Waals surface area contributed by atoms with Crippen molar-refractivity contribution in [3.63, 3.8) is 0 Å². The monoisotopic (exact) mass is 323 g/mol. The number of esters is 1. The summed E-state index contributed by atoms with van der Waals surface area (Å²) >= 11 is 0. The molecule has 0 radical (unpaired) electrons. The van der Waals surface area contributed by atoms with Gasteiger partial charge in [-0.05, 0) is 35.0 Å². The van der Waals surface area contributed by atoms with Gasteiger partial charge in [-0.3, -0.25) is 4.79 Å². The minimum Gasteiger partial charge on any atom is -0.467 e. The van der Waals surface area contributed by atoms with Gasteiger partial charge in [-0.1, -0.05) is 30.3 Å². The van der Waals surface area contributed by atoms with Crippen LogP contribution in [-0.4, -0.2) is 30.4 Å². The van der Waals surface area contributed by atoms with Gasteiger partial charge in [0.25, 0.3) is 5.91 Å². The summed E-state index contributed by atoms with van der Waals surface area (Å²) in [6, 6.07) is 16.6. The van der Waals surface area contributed by atoms with Gasteiger partial charge in [-0.15, -0.1) is 0 Å². The molecule has 0 aliphatic rings. The third-order valence-corrected chi connectivity index (χ3v) is 3.71. The van der Waals surface area contributed by atoms with E-state index in [0.29, 0.717) is 17.9 Å². The van der Waals surface area contributed by atoms with Gasteiger partial charge in [-0.2, -0.15) is 0 Å². The number of carbonyl (C=O) groups excluding carboxylic acids is 2. The van der Waals surface area contributed by atoms with Crippen molar-refractivity contribution in [3.8, 4) is 0 Å². The average molecular weight is 323 g/mol. The van der Waals surface area contributed by atoms with Crippen LogP contribution < -0.4 is 0 Å². The Hall–Kier alpha value is -3.08. The fraction of sp³-hybridized carbons (Fsp3) is 0.158. The number of furan rings is 1. The summed E-state index contributed by atoms with van der Waals surface area (Å²) < 4.78 is 10.3. The Morgan fingerprint density at radius 1 is 1.04 bits per heavy atom. The van der Waals surface area contributed by atoms with E-state index < -0.39 is 5.97 Å². The van der Waals surface area contributed by atoms with E-state index in [4.69, 9.17) is 9.15 Å². The van der Waals surface area contributed by atoms with Crippen molar-refractivity contribution in [1.82, 2.24) is 4.90 Å². The van der Waals surface area contributed by atoms with Gasteiger partial charge in [0.2, 0.25) is 0 Å². The Morgan fingerprint density at radius 2 is 1.83 bits per heavy atom. The number of nitrogens with zero attached hydrogens (tertiary/aromatic N) is 1. The maximum Gasteiger partial charge on any atom is 0.338 e. The summed E-state index contributed by atoms with van der Waals surface area (Å²) in [5.41, 5.74) is 0.426. The number of rotatable bonds is 5. The van der Waals surface area contributed by atoms with Crippen LogP contribution in [0.15, 0.2) is 65.3 Å². The molecular weight excluding hydrogens is 306 g/mol. The molecule has 0 saturated carbocycles. The van der Waals surface area contributed by atoms with Gasteiger partial charge in [0, 0.05) is 7.05 Å². The van der Waals surface area contributed by atoms with Crippen molar-refractivity contribution in [2.75, 3.05) is 13.7 Å². The van der Waals surface area contributed by atoms with E-state index in [-0.39, 0.29) is 12.5 Å². The Balaban J connectivity index is 1.58. The summed E-state index contributed by atoms with van der Waals surface area (Å²) in [5.74, 6) is -0.132. The molecule has 0 bridgehead atoms. The molecule has 5 nitrogen and oxygen atoms in total. The van der Waals surface area contributed by atoms with Crippen LogP contribution in [0.25, 0.3) is 10.8 Å². The molecule has 5 heteroatoms. The summed E-state index contributed by atoms with van der Waals surface area (Å²) in [6.07, 6.45) is 1.55. The van der Waals surface area contributed by atoms with E-state index in [1.165, 1.54) is 4.90 Å². The lowest BCUT2D eigenvalue weighted by atomic mass is 10.1. The molecule has 3 aromatic rings. The van der Waals surface area contributed by atoms with Crippen LogP contribution in [0.2, 0.25) is 0 Å². The molecule has 2 aromatic carbocycles. The molecule has 1 amide bonds. The number of likely N-dealkylation sites (N-methyl/N-ethyl adjacent to an activating group) is 1. The van der Waals surface area contributed by atoms with E-state index in [9.17, 15) is 9.59 Å². The molecule has 0 spiro atoms. The summed E-state index contributed by atoms with van der Waals surface area (Å²) in [6.45, 7) is 0.0300. The second-order valence-corrected chi connectivity index (χ2v) is 5.47. The van der Waals surface area contributed by atoms with Crippen LogP contribution in [0.4, 0.5) is 0 Å². The predicted molar refractivity (Wildman–Crippen MR) is 89.4 cm³/mol. The van der Waals surface area contributed by atoms with Crippen LogP contribution in [0.3, 0.4) is 0 Å². The van der Waals surface area contributed by atoms with E-state index in [1.54, 1.807) is 37.6 Å². The minimum absolute atomic E-state index is 0.291. The average Bonchev–Trinajstić information content (AvgIpc) is 3.11. The third-order valence-electron chi connectivity index (χ3n) is 3.71. The highest BCUT2D eigenvalue weighted by molar-refractivity contribution is 5.96. The molecular formula is C19H17NO4. The van der Waals surface area contributed by atoms with Crippen LogP contribution in [0, 0.1) is 0 Å². The second kappa shape index (κ2) is 7.00. The molecule has 0 unspecified atom stereocenters. The molecule has 1 heterocycles. The fourth-order valence-corrected chi connectivity index (χ4v) is 2.36. The van der Waals surface area contributed by atoms with Gasteiger partial charge in [0.15, 0.2) is 6.61 Å². The van der Waals surface area contributed by atoms with Gasteiger partial charge >= 0.3 is 5.97 Å². The number of carbonyl (C=O) groups is 2. The number of ether oxygens (including phenoxy) is 1. The molecule has 24 heavy (non-hydrogen) atoms. The first kappa shape index (κ1) is 15.8. The van der Waals surface area contributed by atoms with E-state index >= 15 is 0 Å². The molecule has 1 aromatic heterocycles. The Kier molecular flexibility index (Phi) is 4.61. The zero-order chi connectivity index (χ0) is 16.9. The normalized spacial score (nSPS) is 10.5. The zero-order valence-electron chi connectivity index (χ0n) is 13.3. The van der Waals surface area contributed by atoms with E-state index in [2.05, 4.69) is 0 Å². The van der Waals surface area contributed by atoms with E-state index in [1.807, 2.05) is 30.3 Å². The van der Waals surface area contributed by atoms with Crippen molar-refractivity contribution in [2.45, 2.75) is 6.54 Å². The standard InChI is InChI=1S/C19H17NO4/c1-20(12-17-7-4-10-23-17)18(21)13-24-19(22)16-9-8-14-5-2-3-6-15(14)11-16/h2-11H,12-13H2,1H3. The van der Waals surface area contributed by atoms with Crippen molar-refractivity contribution >= 4 is 22.6 Å². The quantitative estimate of drug-likeness (QED) is 0.676. The van der Waals surface area contributed by atoms with Gasteiger partial charge in [0.1, 0.15) is 5.76 Å². The molecule has 0 saturated heterocycles. The largest absolute Gasteiger partial charge is 0.467 e. The smallest absolute Gasteiger partial charge is 0.338 e. The number of fused-ring (bicyclic) bond motifs is 1. The van der Waals surface area contributed by atoms with Crippen molar-refractivity contribution in [1.29, 1.82) is 0 Å². The van der Waals surface area contributed by atoms with Gasteiger partial charge in [-0.25, -0.2) is 4.79 Å². The highest BCUT2D eigenvalue weighted by Gasteiger charge is 2.14.